The highest BCUT2D eigenvalue weighted by atomic mass is 35.5. The van der Waals surface area contributed by atoms with Gasteiger partial charge in [0, 0.05) is 49.4 Å². The maximum Gasteiger partial charge on any atom is 0.164 e. The average molecular weight is 496 g/mol. The molecule has 0 amide bonds. The molecule has 34 heavy (non-hydrogen) atoms. The zero-order valence-electron chi connectivity index (χ0n) is 19.1. The summed E-state index contributed by atoms with van der Waals surface area (Å²) in [6.45, 7) is 3.54. The minimum absolute atomic E-state index is 0.138. The molecule has 1 saturated heterocycles. The fraction of sp³-hybridized carbons (Fsp3) is 0.320. The van der Waals surface area contributed by atoms with E-state index in [4.69, 9.17) is 21.3 Å². The number of methoxy groups -OCH3 is 1. The van der Waals surface area contributed by atoms with Crippen LogP contribution in [0.1, 0.15) is 31.4 Å². The van der Waals surface area contributed by atoms with E-state index >= 15 is 0 Å². The molecule has 4 aromatic rings. The molecule has 5 rings (SSSR count). The fourth-order valence-electron chi connectivity index (χ4n) is 4.48. The van der Waals surface area contributed by atoms with Gasteiger partial charge in [-0.15, -0.1) is 0 Å². The number of hydrogen-bond donors (Lipinski definition) is 0. The quantitative estimate of drug-likeness (QED) is 0.373. The lowest BCUT2D eigenvalue weighted by atomic mass is 10.1. The van der Waals surface area contributed by atoms with E-state index in [2.05, 4.69) is 33.6 Å². The van der Waals surface area contributed by atoms with E-state index in [1.54, 1.807) is 25.7 Å². The van der Waals surface area contributed by atoms with Crippen LogP contribution in [0.15, 0.2) is 59.9 Å². The zero-order chi connectivity index (χ0) is 23.7. The Balaban J connectivity index is 1.46. The molecule has 1 aromatic carbocycles. The predicted molar refractivity (Wildman–Crippen MR) is 134 cm³/mol. The van der Waals surface area contributed by atoms with Crippen LogP contribution in [0.5, 0.6) is 5.75 Å². The average Bonchev–Trinajstić information content (AvgIpc) is 3.28. The van der Waals surface area contributed by atoms with Crippen molar-refractivity contribution in [3.63, 3.8) is 0 Å². The number of nitrogens with zero attached hydrogens (tertiary/aromatic N) is 5. The lowest BCUT2D eigenvalue weighted by Gasteiger charge is -2.32. The van der Waals surface area contributed by atoms with Gasteiger partial charge in [-0.05, 0) is 43.0 Å². The van der Waals surface area contributed by atoms with Gasteiger partial charge in [-0.1, -0.05) is 30.7 Å². The van der Waals surface area contributed by atoms with Crippen molar-refractivity contribution in [1.29, 1.82) is 0 Å². The van der Waals surface area contributed by atoms with Crippen molar-refractivity contribution < 1.29 is 8.95 Å². The number of ether oxygens (including phenoxy) is 1. The Hall–Kier alpha value is -2.81. The second kappa shape index (κ2) is 9.82. The van der Waals surface area contributed by atoms with Crippen LogP contribution in [-0.2, 0) is 17.4 Å². The molecule has 1 atom stereocenters. The SMILES string of the molecule is CCc1ccc(S(=O)N2CCC(n3c(-c4ccncc4Cl)nc4c(OC)ccnc43)CC2)cc1. The second-order valence-corrected chi connectivity index (χ2v) is 10.1. The number of piperidine rings is 1. The van der Waals surface area contributed by atoms with Crippen LogP contribution < -0.4 is 4.74 Å². The summed E-state index contributed by atoms with van der Waals surface area (Å²) in [5.41, 5.74) is 3.52. The molecule has 0 N–H and O–H groups in total. The standard InChI is InChI=1S/C25H26ClN5O2S/c1-3-17-4-6-19(7-5-17)34(32)30-14-10-18(11-15-30)31-24(20-8-12-27-16-21(20)26)29-23-22(33-2)9-13-28-25(23)31/h4-9,12-13,16,18H,3,10-11,14-15H2,1-2H3. The molecule has 0 saturated carbocycles. The summed E-state index contributed by atoms with van der Waals surface area (Å²) in [5.74, 6) is 1.42. The highest BCUT2D eigenvalue weighted by Gasteiger charge is 2.29. The van der Waals surface area contributed by atoms with E-state index in [0.29, 0.717) is 29.4 Å². The Labute approximate surface area is 206 Å². The number of aryl methyl sites for hydroxylation is 1. The van der Waals surface area contributed by atoms with Crippen molar-refractivity contribution in [3.8, 4) is 17.1 Å². The molecule has 7 nitrogen and oxygen atoms in total. The molecule has 0 spiro atoms. The summed E-state index contributed by atoms with van der Waals surface area (Å²) in [4.78, 5) is 14.5. The van der Waals surface area contributed by atoms with Crippen molar-refractivity contribution in [3.05, 3.63) is 65.6 Å². The summed E-state index contributed by atoms with van der Waals surface area (Å²) < 4.78 is 22.9. The van der Waals surface area contributed by atoms with Gasteiger partial charge in [-0.25, -0.2) is 18.5 Å². The van der Waals surface area contributed by atoms with Crippen molar-refractivity contribution in [2.24, 2.45) is 0 Å². The number of benzene rings is 1. The minimum atomic E-state index is -1.18. The number of pyridine rings is 2. The monoisotopic (exact) mass is 495 g/mol. The van der Waals surface area contributed by atoms with Crippen molar-refractivity contribution in [2.45, 2.75) is 37.1 Å². The predicted octanol–water partition coefficient (Wildman–Crippen LogP) is 5.08. The molecular formula is C25H26ClN5O2S. The number of aromatic nitrogens is 4. The first-order chi connectivity index (χ1) is 16.6. The van der Waals surface area contributed by atoms with Crippen molar-refractivity contribution in [2.75, 3.05) is 20.2 Å². The molecule has 176 valence electrons. The van der Waals surface area contributed by atoms with Crippen molar-refractivity contribution in [1.82, 2.24) is 23.8 Å². The summed E-state index contributed by atoms with van der Waals surface area (Å²) in [7, 11) is 0.457. The summed E-state index contributed by atoms with van der Waals surface area (Å²) in [6, 6.07) is 11.9. The molecule has 4 heterocycles. The normalized spacial score (nSPS) is 16.1. The summed E-state index contributed by atoms with van der Waals surface area (Å²) >= 11 is 6.51. The van der Waals surface area contributed by atoms with Gasteiger partial charge in [0.2, 0.25) is 0 Å². The van der Waals surface area contributed by atoms with Gasteiger partial charge in [0.1, 0.15) is 22.6 Å². The topological polar surface area (TPSA) is 73.1 Å². The number of rotatable bonds is 6. The van der Waals surface area contributed by atoms with E-state index in [-0.39, 0.29) is 6.04 Å². The Morgan fingerprint density at radius 3 is 2.56 bits per heavy atom. The van der Waals surface area contributed by atoms with Gasteiger partial charge in [0.25, 0.3) is 0 Å². The first-order valence-electron chi connectivity index (χ1n) is 11.4. The van der Waals surface area contributed by atoms with Gasteiger partial charge >= 0.3 is 0 Å². The number of fused-ring (bicyclic) bond motifs is 1. The van der Waals surface area contributed by atoms with Gasteiger partial charge < -0.3 is 9.30 Å². The van der Waals surface area contributed by atoms with Gasteiger partial charge in [-0.3, -0.25) is 4.98 Å². The molecule has 1 fully saturated rings. The molecule has 9 heteroatoms. The molecular weight excluding hydrogens is 470 g/mol. The van der Waals surface area contributed by atoms with Crippen molar-refractivity contribution >= 4 is 33.8 Å². The van der Waals surface area contributed by atoms with Crippen LogP contribution in [0, 0.1) is 0 Å². The fourth-order valence-corrected chi connectivity index (χ4v) is 5.89. The lowest BCUT2D eigenvalue weighted by Crippen LogP contribution is -2.36. The van der Waals surface area contributed by atoms with Crippen LogP contribution in [0.3, 0.4) is 0 Å². The van der Waals surface area contributed by atoms with E-state index in [1.807, 2.05) is 28.6 Å². The largest absolute Gasteiger partial charge is 0.494 e. The Morgan fingerprint density at radius 1 is 1.12 bits per heavy atom. The lowest BCUT2D eigenvalue weighted by molar-refractivity contribution is 0.288. The third-order valence-corrected chi connectivity index (χ3v) is 8.14. The first-order valence-corrected chi connectivity index (χ1v) is 12.9. The highest BCUT2D eigenvalue weighted by molar-refractivity contribution is 7.82. The number of imidazole rings is 1. The smallest absolute Gasteiger partial charge is 0.164 e. The molecule has 1 aliphatic rings. The second-order valence-electron chi connectivity index (χ2n) is 8.25. The van der Waals surface area contributed by atoms with Crippen LogP contribution in [0.4, 0.5) is 0 Å². The third-order valence-electron chi connectivity index (χ3n) is 6.33. The van der Waals surface area contributed by atoms with E-state index in [0.717, 1.165) is 41.2 Å². The number of halogens is 1. The van der Waals surface area contributed by atoms with Crippen LogP contribution in [-0.4, -0.2) is 48.2 Å². The Kier molecular flexibility index (Phi) is 6.63. The molecule has 0 aliphatic carbocycles. The van der Waals surface area contributed by atoms with Crippen LogP contribution in [0.2, 0.25) is 5.02 Å². The molecule has 0 radical (unpaired) electrons. The van der Waals surface area contributed by atoms with E-state index in [9.17, 15) is 4.21 Å². The van der Waals surface area contributed by atoms with E-state index in [1.165, 1.54) is 5.56 Å². The molecule has 1 unspecified atom stereocenters. The third kappa shape index (κ3) is 4.21. The first kappa shape index (κ1) is 23.0. The highest BCUT2D eigenvalue weighted by Crippen LogP contribution is 2.37. The van der Waals surface area contributed by atoms with Gasteiger partial charge in [-0.2, -0.15) is 0 Å². The maximum atomic E-state index is 13.2. The van der Waals surface area contributed by atoms with Crippen LogP contribution in [0.25, 0.3) is 22.6 Å². The maximum absolute atomic E-state index is 13.2. The molecule has 0 bridgehead atoms. The van der Waals surface area contributed by atoms with Gasteiger partial charge in [0.15, 0.2) is 11.2 Å². The zero-order valence-corrected chi connectivity index (χ0v) is 20.7. The minimum Gasteiger partial charge on any atom is -0.494 e. The summed E-state index contributed by atoms with van der Waals surface area (Å²) in [6.07, 6.45) is 7.69. The van der Waals surface area contributed by atoms with E-state index < -0.39 is 11.0 Å². The number of hydrogen-bond acceptors (Lipinski definition) is 5. The molecule has 3 aromatic heterocycles. The Morgan fingerprint density at radius 2 is 1.88 bits per heavy atom. The summed E-state index contributed by atoms with van der Waals surface area (Å²) in [5, 5.41) is 0.534. The molecule has 1 aliphatic heterocycles. The van der Waals surface area contributed by atoms with Gasteiger partial charge in [0.05, 0.1) is 17.0 Å². The Bertz CT molecular complexity index is 1330. The van der Waals surface area contributed by atoms with Crippen LogP contribution >= 0.6 is 11.6 Å².